The van der Waals surface area contributed by atoms with E-state index in [0.29, 0.717) is 18.5 Å². The van der Waals surface area contributed by atoms with Crippen molar-refractivity contribution in [2.45, 2.75) is 19.3 Å². The third-order valence-corrected chi connectivity index (χ3v) is 1.78. The van der Waals surface area contributed by atoms with E-state index >= 15 is 0 Å². The molecule has 6 nitrogen and oxygen atoms in total. The van der Waals surface area contributed by atoms with E-state index in [-0.39, 0.29) is 5.82 Å². The van der Waals surface area contributed by atoms with Crippen LogP contribution in [0.2, 0.25) is 0 Å². The average molecular weight is 184 g/mol. The molecule has 0 unspecified atom stereocenters. The number of unbranched alkanes of at least 4 members (excludes halogenated alkanes) is 1. The van der Waals surface area contributed by atoms with Crippen molar-refractivity contribution in [1.29, 1.82) is 0 Å². The van der Waals surface area contributed by atoms with E-state index in [4.69, 9.17) is 5.73 Å². The van der Waals surface area contributed by atoms with Gasteiger partial charge in [-0.15, -0.1) is 5.10 Å². The minimum atomic E-state index is -0.454. The molecule has 1 rings (SSSR count). The summed E-state index contributed by atoms with van der Waals surface area (Å²) < 4.78 is 0. The second kappa shape index (κ2) is 4.56. The molecule has 3 N–H and O–H groups in total. The monoisotopic (exact) mass is 184 g/mol. The minimum absolute atomic E-state index is 0.00276. The van der Waals surface area contributed by atoms with Crippen LogP contribution in [-0.2, 0) is 6.42 Å². The molecule has 1 heterocycles. The van der Waals surface area contributed by atoms with Crippen molar-refractivity contribution < 1.29 is 4.92 Å². The van der Waals surface area contributed by atoms with Crippen molar-refractivity contribution in [1.82, 2.24) is 10.2 Å². The summed E-state index contributed by atoms with van der Waals surface area (Å²) in [6.45, 7) is 0.617. The fourth-order valence-electron chi connectivity index (χ4n) is 1.11. The van der Waals surface area contributed by atoms with E-state index < -0.39 is 4.92 Å². The van der Waals surface area contributed by atoms with Crippen molar-refractivity contribution >= 4 is 5.82 Å². The van der Waals surface area contributed by atoms with Gasteiger partial charge in [-0.3, -0.25) is 0 Å². The number of aromatic amines is 1. The molecule has 72 valence electrons. The first-order chi connectivity index (χ1) is 6.25. The summed E-state index contributed by atoms with van der Waals surface area (Å²) in [5.41, 5.74) is 5.96. The van der Waals surface area contributed by atoms with Gasteiger partial charge in [0, 0.05) is 0 Å². The number of aryl methyl sites for hydroxylation is 1. The standard InChI is InChI=1S/C7H12N4O2/c8-4-2-1-3-6-5-9-10-7(6)11(12)13/h5H,1-4,8H2,(H,9,10). The number of H-pyrrole nitrogens is 1. The highest BCUT2D eigenvalue weighted by Crippen LogP contribution is 2.15. The van der Waals surface area contributed by atoms with Crippen LogP contribution in [0.1, 0.15) is 18.4 Å². The summed E-state index contributed by atoms with van der Waals surface area (Å²) in [4.78, 5) is 9.97. The van der Waals surface area contributed by atoms with Crippen LogP contribution in [0.15, 0.2) is 6.20 Å². The van der Waals surface area contributed by atoms with Gasteiger partial charge in [-0.25, -0.2) is 0 Å². The Balaban J connectivity index is 2.55. The van der Waals surface area contributed by atoms with Crippen LogP contribution in [-0.4, -0.2) is 21.7 Å². The molecule has 1 aromatic rings. The predicted octanol–water partition coefficient (Wildman–Crippen LogP) is 0.599. The number of hydrogen-bond donors (Lipinski definition) is 2. The van der Waals surface area contributed by atoms with Crippen LogP contribution >= 0.6 is 0 Å². The van der Waals surface area contributed by atoms with Crippen LogP contribution in [0.3, 0.4) is 0 Å². The Bertz CT molecular complexity index is 284. The molecule has 0 spiro atoms. The summed E-state index contributed by atoms with van der Waals surface area (Å²) in [6, 6.07) is 0. The Morgan fingerprint density at radius 3 is 3.00 bits per heavy atom. The van der Waals surface area contributed by atoms with E-state index in [9.17, 15) is 10.1 Å². The summed E-state index contributed by atoms with van der Waals surface area (Å²) in [5, 5.41) is 16.4. The molecule has 0 aromatic carbocycles. The van der Waals surface area contributed by atoms with Gasteiger partial charge >= 0.3 is 5.82 Å². The summed E-state index contributed by atoms with van der Waals surface area (Å²) in [6.07, 6.45) is 3.89. The molecule has 0 atom stereocenters. The van der Waals surface area contributed by atoms with Crippen molar-refractivity contribution in [3.05, 3.63) is 21.9 Å². The second-order valence-electron chi connectivity index (χ2n) is 2.75. The van der Waals surface area contributed by atoms with Gasteiger partial charge in [-0.1, -0.05) is 5.10 Å². The predicted molar refractivity (Wildman–Crippen MR) is 47.2 cm³/mol. The van der Waals surface area contributed by atoms with E-state index in [2.05, 4.69) is 10.2 Å². The second-order valence-corrected chi connectivity index (χ2v) is 2.75. The summed E-state index contributed by atoms with van der Waals surface area (Å²) in [5.74, 6) is -0.00276. The molecule has 0 amide bonds. The lowest BCUT2D eigenvalue weighted by Crippen LogP contribution is -1.99. The van der Waals surface area contributed by atoms with Gasteiger partial charge < -0.3 is 15.8 Å². The highest BCUT2D eigenvalue weighted by atomic mass is 16.6. The van der Waals surface area contributed by atoms with E-state index in [0.717, 1.165) is 12.8 Å². The molecule has 0 fully saturated rings. The molecule has 0 bridgehead atoms. The summed E-state index contributed by atoms with van der Waals surface area (Å²) in [7, 11) is 0. The third-order valence-electron chi connectivity index (χ3n) is 1.78. The zero-order valence-electron chi connectivity index (χ0n) is 7.19. The number of nitro groups is 1. The third kappa shape index (κ3) is 2.51. The first-order valence-corrected chi connectivity index (χ1v) is 4.12. The van der Waals surface area contributed by atoms with Gasteiger partial charge in [-0.2, -0.15) is 0 Å². The zero-order chi connectivity index (χ0) is 9.68. The maximum absolute atomic E-state index is 10.4. The topological polar surface area (TPSA) is 97.8 Å². The smallest absolute Gasteiger partial charge is 0.345 e. The van der Waals surface area contributed by atoms with Crippen molar-refractivity contribution in [3.63, 3.8) is 0 Å². The minimum Gasteiger partial charge on any atom is -0.358 e. The number of nitrogens with zero attached hydrogens (tertiary/aromatic N) is 2. The first kappa shape index (κ1) is 9.66. The van der Waals surface area contributed by atoms with Gasteiger partial charge in [0.1, 0.15) is 0 Å². The molecule has 0 radical (unpaired) electrons. The van der Waals surface area contributed by atoms with Crippen LogP contribution in [0, 0.1) is 10.1 Å². The van der Waals surface area contributed by atoms with Crippen LogP contribution in [0.25, 0.3) is 0 Å². The number of aromatic nitrogens is 2. The van der Waals surface area contributed by atoms with Crippen molar-refractivity contribution in [3.8, 4) is 0 Å². The fraction of sp³-hybridized carbons (Fsp3) is 0.571. The first-order valence-electron chi connectivity index (χ1n) is 4.12. The number of nitrogens with one attached hydrogen (secondary N) is 1. The van der Waals surface area contributed by atoms with Crippen LogP contribution < -0.4 is 5.73 Å². The Morgan fingerprint density at radius 1 is 1.62 bits per heavy atom. The summed E-state index contributed by atoms with van der Waals surface area (Å²) >= 11 is 0. The maximum atomic E-state index is 10.4. The number of nitrogens with two attached hydrogens (primary N) is 1. The molecule has 6 heteroatoms. The largest absolute Gasteiger partial charge is 0.358 e. The molecule has 0 aliphatic carbocycles. The normalized spacial score (nSPS) is 10.2. The molecular formula is C7H12N4O2. The van der Waals surface area contributed by atoms with Crippen LogP contribution in [0.4, 0.5) is 5.82 Å². The van der Waals surface area contributed by atoms with Gasteiger partial charge in [0.25, 0.3) is 0 Å². The average Bonchev–Trinajstić information content (AvgIpc) is 2.53. The quantitative estimate of drug-likeness (QED) is 0.397. The lowest BCUT2D eigenvalue weighted by atomic mass is 10.1. The van der Waals surface area contributed by atoms with Gasteiger partial charge in [0.05, 0.1) is 11.8 Å². The molecule has 0 saturated carbocycles. The SMILES string of the molecule is NCCCCc1cn[nH]c1[N+](=O)[O-]. The maximum Gasteiger partial charge on any atom is 0.345 e. The fourth-order valence-corrected chi connectivity index (χ4v) is 1.11. The lowest BCUT2D eigenvalue weighted by Gasteiger charge is -1.96. The molecule has 0 aliphatic heterocycles. The highest BCUT2D eigenvalue weighted by Gasteiger charge is 2.13. The lowest BCUT2D eigenvalue weighted by molar-refractivity contribution is -0.390. The van der Waals surface area contributed by atoms with Crippen molar-refractivity contribution in [2.24, 2.45) is 5.73 Å². The molecular weight excluding hydrogens is 172 g/mol. The van der Waals surface area contributed by atoms with E-state index in [1.807, 2.05) is 0 Å². The Hall–Kier alpha value is -1.43. The number of hydrogen-bond acceptors (Lipinski definition) is 4. The zero-order valence-corrected chi connectivity index (χ0v) is 7.19. The van der Waals surface area contributed by atoms with E-state index in [1.54, 1.807) is 0 Å². The Morgan fingerprint density at radius 2 is 2.38 bits per heavy atom. The van der Waals surface area contributed by atoms with E-state index in [1.165, 1.54) is 6.20 Å². The van der Waals surface area contributed by atoms with Gasteiger partial charge in [0.2, 0.25) is 0 Å². The highest BCUT2D eigenvalue weighted by molar-refractivity contribution is 5.29. The van der Waals surface area contributed by atoms with Crippen LogP contribution in [0.5, 0.6) is 0 Å². The Labute approximate surface area is 75.3 Å². The van der Waals surface area contributed by atoms with Gasteiger partial charge in [-0.05, 0) is 30.7 Å². The molecule has 0 aliphatic rings. The molecule has 13 heavy (non-hydrogen) atoms. The van der Waals surface area contributed by atoms with Crippen molar-refractivity contribution in [2.75, 3.05) is 6.54 Å². The molecule has 0 saturated heterocycles. The Kier molecular flexibility index (Phi) is 3.39. The molecule has 1 aromatic heterocycles. The van der Waals surface area contributed by atoms with Gasteiger partial charge in [0.15, 0.2) is 0 Å². The number of rotatable bonds is 5.